The zero-order valence-electron chi connectivity index (χ0n) is 14.1. The van der Waals surface area contributed by atoms with Gasteiger partial charge in [-0.3, -0.25) is 4.79 Å². The van der Waals surface area contributed by atoms with Crippen LogP contribution < -0.4 is 9.64 Å². The molecule has 0 N–H and O–H groups in total. The second-order valence-corrected chi connectivity index (χ2v) is 6.10. The van der Waals surface area contributed by atoms with E-state index in [4.69, 9.17) is 4.74 Å². The molecule has 1 aliphatic rings. The molecule has 3 rings (SSSR count). The monoisotopic (exact) mass is 322 g/mol. The first-order chi connectivity index (χ1) is 11.6. The number of rotatable bonds is 5. The topological polar surface area (TPSA) is 32.8 Å². The summed E-state index contributed by atoms with van der Waals surface area (Å²) < 4.78 is 5.87. The molecule has 4 heteroatoms. The summed E-state index contributed by atoms with van der Waals surface area (Å²) in [7, 11) is 4.08. The molecule has 0 unspecified atom stereocenters. The zero-order chi connectivity index (χ0) is 16.9. The summed E-state index contributed by atoms with van der Waals surface area (Å²) in [6, 6.07) is 17.5. The van der Waals surface area contributed by atoms with E-state index in [1.54, 1.807) is 6.08 Å². The smallest absolute Gasteiger partial charge is 0.294 e. The van der Waals surface area contributed by atoms with Gasteiger partial charge in [0, 0.05) is 6.54 Å². The number of hydrogen-bond donors (Lipinski definition) is 0. The van der Waals surface area contributed by atoms with Gasteiger partial charge < -0.3 is 14.5 Å². The molecule has 0 fully saturated rings. The summed E-state index contributed by atoms with van der Waals surface area (Å²) >= 11 is 0. The number of fused-ring (bicyclic) bond motifs is 1. The molecule has 0 radical (unpaired) electrons. The normalized spacial score (nSPS) is 15.5. The lowest BCUT2D eigenvalue weighted by atomic mass is 10.1. The fourth-order valence-corrected chi connectivity index (χ4v) is 2.73. The Labute approximate surface area is 143 Å². The summed E-state index contributed by atoms with van der Waals surface area (Å²) in [5.41, 5.74) is 1.79. The highest BCUT2D eigenvalue weighted by molar-refractivity contribution is 6.09. The van der Waals surface area contributed by atoms with Gasteiger partial charge in [0.1, 0.15) is 0 Å². The van der Waals surface area contributed by atoms with Crippen LogP contribution in [0.3, 0.4) is 0 Å². The zero-order valence-corrected chi connectivity index (χ0v) is 14.1. The summed E-state index contributed by atoms with van der Waals surface area (Å²) in [5, 5.41) is 0. The number of benzene rings is 2. The maximum atomic E-state index is 12.9. The van der Waals surface area contributed by atoms with Gasteiger partial charge in [-0.25, -0.2) is 0 Å². The van der Waals surface area contributed by atoms with Gasteiger partial charge >= 0.3 is 0 Å². The van der Waals surface area contributed by atoms with E-state index in [1.165, 1.54) is 0 Å². The molecule has 24 heavy (non-hydrogen) atoms. The van der Waals surface area contributed by atoms with Crippen molar-refractivity contribution in [3.8, 4) is 5.75 Å². The van der Waals surface area contributed by atoms with E-state index in [0.29, 0.717) is 12.3 Å². The highest BCUT2D eigenvalue weighted by Crippen LogP contribution is 2.35. The van der Waals surface area contributed by atoms with Crippen LogP contribution in [0.2, 0.25) is 0 Å². The first-order valence-corrected chi connectivity index (χ1v) is 8.15. The highest BCUT2D eigenvalue weighted by Gasteiger charge is 2.29. The van der Waals surface area contributed by atoms with Gasteiger partial charge in [0.2, 0.25) is 0 Å². The van der Waals surface area contributed by atoms with Crippen LogP contribution >= 0.6 is 0 Å². The second-order valence-electron chi connectivity index (χ2n) is 6.10. The van der Waals surface area contributed by atoms with Gasteiger partial charge in [0.05, 0.1) is 5.69 Å². The molecule has 1 aliphatic heterocycles. The molecule has 0 saturated heterocycles. The van der Waals surface area contributed by atoms with E-state index < -0.39 is 0 Å². The third-order valence-corrected chi connectivity index (χ3v) is 3.92. The van der Waals surface area contributed by atoms with Crippen molar-refractivity contribution in [1.29, 1.82) is 0 Å². The summed E-state index contributed by atoms with van der Waals surface area (Å²) in [6.45, 7) is 1.61. The molecule has 2 aromatic rings. The van der Waals surface area contributed by atoms with Crippen LogP contribution in [0.15, 0.2) is 60.4 Å². The van der Waals surface area contributed by atoms with Crippen molar-refractivity contribution < 1.29 is 9.53 Å². The first kappa shape index (κ1) is 16.3. The molecule has 1 heterocycles. The number of anilines is 1. The SMILES string of the molecule is CN(C)CCCN1C(=O)/C(=C/c2ccccc2)Oc2ccccc21. The minimum absolute atomic E-state index is 0.0868. The van der Waals surface area contributed by atoms with E-state index in [2.05, 4.69) is 4.90 Å². The lowest BCUT2D eigenvalue weighted by Gasteiger charge is -2.30. The Bertz CT molecular complexity index is 738. The fourth-order valence-electron chi connectivity index (χ4n) is 2.73. The van der Waals surface area contributed by atoms with E-state index in [9.17, 15) is 4.79 Å². The quantitative estimate of drug-likeness (QED) is 0.791. The van der Waals surface area contributed by atoms with Crippen LogP contribution in [0.1, 0.15) is 12.0 Å². The lowest BCUT2D eigenvalue weighted by molar-refractivity contribution is -0.117. The number of carbonyl (C=O) groups is 1. The van der Waals surface area contributed by atoms with Crippen LogP contribution in [0.4, 0.5) is 5.69 Å². The summed E-state index contributed by atoms with van der Waals surface area (Å²) in [4.78, 5) is 16.8. The molecule has 0 spiro atoms. The number of ether oxygens (including phenoxy) is 1. The molecule has 0 bridgehead atoms. The van der Waals surface area contributed by atoms with E-state index >= 15 is 0 Å². The Balaban J connectivity index is 1.89. The molecule has 0 saturated carbocycles. The van der Waals surface area contributed by atoms with Crippen LogP contribution in [-0.4, -0.2) is 38.0 Å². The molecule has 0 atom stereocenters. The molecule has 2 aromatic carbocycles. The first-order valence-electron chi connectivity index (χ1n) is 8.15. The van der Waals surface area contributed by atoms with Crippen molar-refractivity contribution in [1.82, 2.24) is 4.90 Å². The average Bonchev–Trinajstić information content (AvgIpc) is 2.58. The van der Waals surface area contributed by atoms with Gasteiger partial charge in [-0.15, -0.1) is 0 Å². The largest absolute Gasteiger partial charge is 0.449 e. The Hall–Kier alpha value is -2.59. The maximum absolute atomic E-state index is 12.9. The molecule has 4 nitrogen and oxygen atoms in total. The van der Waals surface area contributed by atoms with Crippen molar-refractivity contribution in [2.45, 2.75) is 6.42 Å². The summed E-state index contributed by atoms with van der Waals surface area (Å²) in [5.74, 6) is 1.00. The minimum atomic E-state index is -0.0868. The average molecular weight is 322 g/mol. The third kappa shape index (κ3) is 3.66. The van der Waals surface area contributed by atoms with Gasteiger partial charge in [-0.1, -0.05) is 42.5 Å². The standard InChI is InChI=1S/C20H22N2O2/c1-21(2)13-8-14-22-17-11-6-7-12-18(17)24-19(20(22)23)15-16-9-4-3-5-10-16/h3-7,9-12,15H,8,13-14H2,1-2H3/b19-15-. The molecule has 124 valence electrons. The van der Waals surface area contributed by atoms with E-state index in [0.717, 1.165) is 30.0 Å². The third-order valence-electron chi connectivity index (χ3n) is 3.92. The predicted molar refractivity (Wildman–Crippen MR) is 97.0 cm³/mol. The number of hydrogen-bond acceptors (Lipinski definition) is 3. The van der Waals surface area contributed by atoms with Crippen molar-refractivity contribution in [2.75, 3.05) is 32.1 Å². The fraction of sp³-hybridized carbons (Fsp3) is 0.250. The minimum Gasteiger partial charge on any atom is -0.449 e. The predicted octanol–water partition coefficient (Wildman–Crippen LogP) is 3.40. The number of carbonyl (C=O) groups excluding carboxylic acids is 1. The van der Waals surface area contributed by atoms with Gasteiger partial charge in [-0.05, 0) is 50.8 Å². The van der Waals surface area contributed by atoms with Crippen LogP contribution in [0.25, 0.3) is 6.08 Å². The van der Waals surface area contributed by atoms with E-state index in [-0.39, 0.29) is 5.91 Å². The van der Waals surface area contributed by atoms with Crippen molar-refractivity contribution in [3.05, 3.63) is 65.9 Å². The molecule has 1 amide bonds. The van der Waals surface area contributed by atoms with Crippen LogP contribution in [0.5, 0.6) is 5.75 Å². The van der Waals surface area contributed by atoms with Crippen molar-refractivity contribution >= 4 is 17.7 Å². The lowest BCUT2D eigenvalue weighted by Crippen LogP contribution is -2.38. The molecular formula is C20H22N2O2. The second kappa shape index (κ2) is 7.32. The van der Waals surface area contributed by atoms with Crippen LogP contribution in [-0.2, 0) is 4.79 Å². The highest BCUT2D eigenvalue weighted by atomic mass is 16.5. The number of amides is 1. The van der Waals surface area contributed by atoms with Gasteiger partial charge in [0.15, 0.2) is 11.5 Å². The Morgan fingerprint density at radius 2 is 1.75 bits per heavy atom. The van der Waals surface area contributed by atoms with Crippen molar-refractivity contribution in [3.63, 3.8) is 0 Å². The van der Waals surface area contributed by atoms with E-state index in [1.807, 2.05) is 73.6 Å². The molecular weight excluding hydrogens is 300 g/mol. The Morgan fingerprint density at radius 3 is 2.50 bits per heavy atom. The van der Waals surface area contributed by atoms with Crippen molar-refractivity contribution in [2.24, 2.45) is 0 Å². The van der Waals surface area contributed by atoms with Gasteiger partial charge in [-0.2, -0.15) is 0 Å². The van der Waals surface area contributed by atoms with Gasteiger partial charge in [0.25, 0.3) is 5.91 Å². The Kier molecular flexibility index (Phi) is 4.96. The van der Waals surface area contributed by atoms with Crippen LogP contribution in [0, 0.1) is 0 Å². The molecule has 0 aliphatic carbocycles. The molecule has 0 aromatic heterocycles. The summed E-state index contributed by atoms with van der Waals surface area (Å²) in [6.07, 6.45) is 2.71. The number of para-hydroxylation sites is 2. The number of nitrogens with zero attached hydrogens (tertiary/aromatic N) is 2. The maximum Gasteiger partial charge on any atom is 0.294 e. The Morgan fingerprint density at radius 1 is 1.04 bits per heavy atom.